The second kappa shape index (κ2) is 10.0. The van der Waals surface area contributed by atoms with Crippen molar-refractivity contribution in [1.29, 1.82) is 0 Å². The normalized spacial score (nSPS) is 13.2. The molecule has 8 heteroatoms. The third-order valence-corrected chi connectivity index (χ3v) is 3.90. The molecule has 0 radical (unpaired) electrons. The van der Waals surface area contributed by atoms with Crippen molar-refractivity contribution in [3.8, 4) is 0 Å². The highest BCUT2D eigenvalue weighted by atomic mass is 127. The predicted octanol–water partition coefficient (Wildman–Crippen LogP) is 1.81. The van der Waals surface area contributed by atoms with Gasteiger partial charge in [-0.3, -0.25) is 0 Å². The summed E-state index contributed by atoms with van der Waals surface area (Å²) in [7, 11) is -3.68. The Morgan fingerprint density at radius 3 is 2.59 bits per heavy atom. The molecule has 0 heterocycles. The maximum atomic E-state index is 11.3. The van der Waals surface area contributed by atoms with Crippen LogP contribution in [0.1, 0.15) is 32.8 Å². The molecule has 0 saturated heterocycles. The van der Waals surface area contributed by atoms with Crippen LogP contribution in [0.25, 0.3) is 0 Å². The van der Waals surface area contributed by atoms with Gasteiger partial charge in [0.25, 0.3) is 0 Å². The average Bonchev–Trinajstić information content (AvgIpc) is 2.44. The summed E-state index contributed by atoms with van der Waals surface area (Å²) < 4.78 is 22.7. The average molecular weight is 440 g/mol. The number of nitrogens with one attached hydrogen (secondary N) is 2. The van der Waals surface area contributed by atoms with E-state index in [-0.39, 0.29) is 28.9 Å². The molecule has 0 aliphatic heterocycles. The molecule has 0 fully saturated rings. The second-order valence-corrected chi connectivity index (χ2v) is 6.40. The Labute approximate surface area is 150 Å². The third-order valence-electron chi connectivity index (χ3n) is 2.99. The Kier molecular flexibility index (Phi) is 9.61. The van der Waals surface area contributed by atoms with Gasteiger partial charge in [0, 0.05) is 12.6 Å². The highest BCUT2D eigenvalue weighted by Crippen LogP contribution is 2.10. The molecule has 0 aliphatic carbocycles. The minimum Gasteiger partial charge on any atom is -0.357 e. The van der Waals surface area contributed by atoms with Crippen LogP contribution in [-0.4, -0.2) is 27.0 Å². The van der Waals surface area contributed by atoms with Crippen molar-refractivity contribution in [1.82, 2.24) is 10.6 Å². The third kappa shape index (κ3) is 7.41. The smallest absolute Gasteiger partial charge is 0.238 e. The lowest BCUT2D eigenvalue weighted by Gasteiger charge is -2.16. The summed E-state index contributed by atoms with van der Waals surface area (Å²) in [6.45, 7) is 7.31. The van der Waals surface area contributed by atoms with Gasteiger partial charge >= 0.3 is 0 Å². The standard InChI is InChI=1S/C14H24N4O2S.HI/c1-4-11(3)18-14(16-5-2)17-10-12-7-6-8-13(9-12)21(15,19)20;/h6-9,11H,4-5,10H2,1-3H3,(H2,15,19,20)(H2,16,17,18);1H. The number of hydrogen-bond donors (Lipinski definition) is 3. The van der Waals surface area contributed by atoms with Crippen molar-refractivity contribution in [3.05, 3.63) is 29.8 Å². The molecule has 1 aromatic carbocycles. The van der Waals surface area contributed by atoms with E-state index in [0.29, 0.717) is 18.5 Å². The van der Waals surface area contributed by atoms with Crippen molar-refractivity contribution < 1.29 is 8.42 Å². The van der Waals surface area contributed by atoms with Crippen LogP contribution < -0.4 is 15.8 Å². The molecule has 0 saturated carbocycles. The van der Waals surface area contributed by atoms with E-state index in [0.717, 1.165) is 18.5 Å². The number of aliphatic imine (C=N–C) groups is 1. The van der Waals surface area contributed by atoms with Gasteiger partial charge in [0.1, 0.15) is 0 Å². The largest absolute Gasteiger partial charge is 0.357 e. The van der Waals surface area contributed by atoms with Crippen LogP contribution in [0.4, 0.5) is 0 Å². The maximum absolute atomic E-state index is 11.3. The van der Waals surface area contributed by atoms with Crippen LogP contribution in [0.5, 0.6) is 0 Å². The summed E-state index contributed by atoms with van der Waals surface area (Å²) in [5.74, 6) is 0.716. The number of sulfonamides is 1. The van der Waals surface area contributed by atoms with E-state index in [1.807, 2.05) is 13.0 Å². The number of hydrogen-bond acceptors (Lipinski definition) is 3. The van der Waals surface area contributed by atoms with Gasteiger partial charge in [-0.15, -0.1) is 24.0 Å². The number of rotatable bonds is 6. The van der Waals surface area contributed by atoms with Crippen molar-refractivity contribution in [2.75, 3.05) is 6.54 Å². The molecule has 0 amide bonds. The Bertz CT molecular complexity index is 590. The SMILES string of the molecule is CCNC(=NCc1cccc(S(N)(=O)=O)c1)NC(C)CC.I. The quantitative estimate of drug-likeness (QED) is 0.357. The first-order valence-electron chi connectivity index (χ1n) is 7.03. The van der Waals surface area contributed by atoms with Crippen LogP contribution >= 0.6 is 24.0 Å². The van der Waals surface area contributed by atoms with E-state index in [4.69, 9.17) is 5.14 Å². The van der Waals surface area contributed by atoms with E-state index in [2.05, 4.69) is 29.5 Å². The van der Waals surface area contributed by atoms with Gasteiger partial charge in [-0.1, -0.05) is 19.1 Å². The van der Waals surface area contributed by atoms with Crippen molar-refractivity contribution in [2.45, 2.75) is 44.7 Å². The molecule has 4 N–H and O–H groups in total. The van der Waals surface area contributed by atoms with Crippen LogP contribution in [0.3, 0.4) is 0 Å². The predicted molar refractivity (Wildman–Crippen MR) is 101 cm³/mol. The van der Waals surface area contributed by atoms with E-state index in [1.165, 1.54) is 6.07 Å². The Morgan fingerprint density at radius 1 is 1.36 bits per heavy atom. The minimum atomic E-state index is -3.68. The summed E-state index contributed by atoms with van der Waals surface area (Å²) in [6, 6.07) is 6.83. The topological polar surface area (TPSA) is 96.6 Å². The minimum absolute atomic E-state index is 0. The molecule has 0 aromatic heterocycles. The van der Waals surface area contributed by atoms with Crippen molar-refractivity contribution >= 4 is 40.0 Å². The highest BCUT2D eigenvalue weighted by Gasteiger charge is 2.08. The van der Waals surface area contributed by atoms with Gasteiger partial charge in [0.2, 0.25) is 10.0 Å². The zero-order valence-electron chi connectivity index (χ0n) is 13.2. The van der Waals surface area contributed by atoms with Crippen LogP contribution in [0.2, 0.25) is 0 Å². The molecular weight excluding hydrogens is 415 g/mol. The Hall–Kier alpha value is -0.870. The lowest BCUT2D eigenvalue weighted by atomic mass is 10.2. The molecule has 22 heavy (non-hydrogen) atoms. The fourth-order valence-electron chi connectivity index (χ4n) is 1.65. The molecule has 126 valence electrons. The molecule has 6 nitrogen and oxygen atoms in total. The highest BCUT2D eigenvalue weighted by molar-refractivity contribution is 14.0. The van der Waals surface area contributed by atoms with Crippen LogP contribution in [-0.2, 0) is 16.6 Å². The number of nitrogens with zero attached hydrogens (tertiary/aromatic N) is 1. The summed E-state index contributed by atoms with van der Waals surface area (Å²) in [6.07, 6.45) is 0.991. The molecule has 1 unspecified atom stereocenters. The van der Waals surface area contributed by atoms with Crippen molar-refractivity contribution in [2.24, 2.45) is 10.1 Å². The van der Waals surface area contributed by atoms with E-state index in [9.17, 15) is 8.42 Å². The van der Waals surface area contributed by atoms with E-state index >= 15 is 0 Å². The summed E-state index contributed by atoms with van der Waals surface area (Å²) in [5, 5.41) is 11.6. The van der Waals surface area contributed by atoms with E-state index < -0.39 is 10.0 Å². The second-order valence-electron chi connectivity index (χ2n) is 4.84. The van der Waals surface area contributed by atoms with E-state index in [1.54, 1.807) is 12.1 Å². The first-order valence-corrected chi connectivity index (χ1v) is 8.58. The molecule has 0 bridgehead atoms. The molecule has 0 spiro atoms. The number of guanidine groups is 1. The monoisotopic (exact) mass is 440 g/mol. The van der Waals surface area contributed by atoms with Crippen LogP contribution in [0, 0.1) is 0 Å². The Balaban J connectivity index is 0.00000441. The number of benzene rings is 1. The zero-order chi connectivity index (χ0) is 15.9. The van der Waals surface area contributed by atoms with Gasteiger partial charge < -0.3 is 10.6 Å². The van der Waals surface area contributed by atoms with Gasteiger partial charge in [-0.05, 0) is 38.0 Å². The van der Waals surface area contributed by atoms with Gasteiger partial charge in [-0.25, -0.2) is 18.5 Å². The molecule has 0 aliphatic rings. The lowest BCUT2D eigenvalue weighted by molar-refractivity contribution is 0.597. The molecular formula is C14H25IN4O2S. The van der Waals surface area contributed by atoms with Gasteiger partial charge in [-0.2, -0.15) is 0 Å². The summed E-state index contributed by atoms with van der Waals surface area (Å²) >= 11 is 0. The number of halogens is 1. The summed E-state index contributed by atoms with van der Waals surface area (Å²) in [4.78, 5) is 4.56. The molecule has 1 rings (SSSR count). The first kappa shape index (κ1) is 21.1. The molecule has 1 atom stereocenters. The fourth-order valence-corrected chi connectivity index (χ4v) is 2.23. The van der Waals surface area contributed by atoms with Crippen molar-refractivity contribution in [3.63, 3.8) is 0 Å². The van der Waals surface area contributed by atoms with Crippen LogP contribution in [0.15, 0.2) is 34.2 Å². The first-order chi connectivity index (χ1) is 9.86. The number of nitrogens with two attached hydrogens (primary N) is 1. The maximum Gasteiger partial charge on any atom is 0.238 e. The Morgan fingerprint density at radius 2 is 2.05 bits per heavy atom. The van der Waals surface area contributed by atoms with Gasteiger partial charge in [0.05, 0.1) is 11.4 Å². The zero-order valence-corrected chi connectivity index (χ0v) is 16.3. The number of primary sulfonamides is 1. The lowest BCUT2D eigenvalue weighted by Crippen LogP contribution is -2.41. The fraction of sp³-hybridized carbons (Fsp3) is 0.500. The summed E-state index contributed by atoms with van der Waals surface area (Å²) in [5.41, 5.74) is 0.794. The molecule has 1 aromatic rings. The van der Waals surface area contributed by atoms with Gasteiger partial charge in [0.15, 0.2) is 5.96 Å².